The summed E-state index contributed by atoms with van der Waals surface area (Å²) in [5.74, 6) is 0.966. The number of rotatable bonds is 3. The quantitative estimate of drug-likeness (QED) is 0.924. The van der Waals surface area contributed by atoms with E-state index in [4.69, 9.17) is 4.74 Å². The Morgan fingerprint density at radius 3 is 3.10 bits per heavy atom. The molecule has 1 aliphatic rings. The molecule has 106 valence electrons. The van der Waals surface area contributed by atoms with Gasteiger partial charge >= 0.3 is 0 Å². The summed E-state index contributed by atoms with van der Waals surface area (Å²) in [6.45, 7) is 4.00. The molecule has 2 aromatic rings. The van der Waals surface area contributed by atoms with Crippen LogP contribution in [0.3, 0.4) is 0 Å². The molecule has 0 saturated carbocycles. The summed E-state index contributed by atoms with van der Waals surface area (Å²) < 4.78 is 7.32. The third-order valence-electron chi connectivity index (χ3n) is 3.77. The number of H-pyrrole nitrogens is 1. The second-order valence-corrected chi connectivity index (χ2v) is 4.97. The fourth-order valence-electron chi connectivity index (χ4n) is 2.72. The summed E-state index contributed by atoms with van der Waals surface area (Å²) in [4.78, 5) is 21.7. The lowest BCUT2D eigenvalue weighted by atomic mass is 10.1. The van der Waals surface area contributed by atoms with Crippen LogP contribution in [0.15, 0.2) is 24.7 Å². The van der Waals surface area contributed by atoms with E-state index >= 15 is 0 Å². The first-order chi connectivity index (χ1) is 9.72. The summed E-state index contributed by atoms with van der Waals surface area (Å²) >= 11 is 0. The zero-order chi connectivity index (χ0) is 14.1. The Labute approximate surface area is 117 Å². The maximum absolute atomic E-state index is 12.5. The summed E-state index contributed by atoms with van der Waals surface area (Å²) in [5.41, 5.74) is 1.75. The van der Waals surface area contributed by atoms with E-state index in [0.717, 1.165) is 18.1 Å². The molecule has 0 spiro atoms. The predicted octanol–water partition coefficient (Wildman–Crippen LogP) is 1.57. The third-order valence-corrected chi connectivity index (χ3v) is 3.77. The van der Waals surface area contributed by atoms with Crippen LogP contribution in [-0.2, 0) is 17.9 Å². The molecular weight excluding hydrogens is 256 g/mol. The number of nitrogens with one attached hydrogen (secondary N) is 1. The second kappa shape index (κ2) is 5.13. The molecule has 0 radical (unpaired) electrons. The second-order valence-electron chi connectivity index (χ2n) is 4.97. The van der Waals surface area contributed by atoms with E-state index < -0.39 is 0 Å². The van der Waals surface area contributed by atoms with Gasteiger partial charge in [-0.3, -0.25) is 4.79 Å². The monoisotopic (exact) mass is 274 g/mol. The van der Waals surface area contributed by atoms with Crippen LogP contribution in [0, 0.1) is 0 Å². The van der Waals surface area contributed by atoms with Crippen LogP contribution >= 0.6 is 0 Å². The van der Waals surface area contributed by atoms with Gasteiger partial charge in [0.15, 0.2) is 0 Å². The molecule has 1 N–H and O–H groups in total. The Kier molecular flexibility index (Phi) is 3.31. The molecule has 0 aromatic carbocycles. The number of hydrogen-bond acceptors (Lipinski definition) is 3. The van der Waals surface area contributed by atoms with Gasteiger partial charge in [0.1, 0.15) is 5.82 Å². The van der Waals surface area contributed by atoms with Crippen molar-refractivity contribution in [1.29, 1.82) is 0 Å². The molecule has 1 atom stereocenters. The zero-order valence-electron chi connectivity index (χ0n) is 11.7. The van der Waals surface area contributed by atoms with Crippen LogP contribution < -0.4 is 0 Å². The molecule has 1 aliphatic heterocycles. The number of imidazole rings is 1. The van der Waals surface area contributed by atoms with Crippen LogP contribution in [-0.4, -0.2) is 39.0 Å². The van der Waals surface area contributed by atoms with E-state index in [9.17, 15) is 4.79 Å². The normalized spacial score (nSPS) is 18.1. The van der Waals surface area contributed by atoms with E-state index in [-0.39, 0.29) is 11.9 Å². The van der Waals surface area contributed by atoms with Crippen molar-refractivity contribution in [2.24, 2.45) is 0 Å². The average Bonchev–Trinajstić information content (AvgIpc) is 3.09. The molecule has 6 nitrogen and oxygen atoms in total. The van der Waals surface area contributed by atoms with E-state index in [1.165, 1.54) is 0 Å². The molecule has 3 rings (SSSR count). The van der Waals surface area contributed by atoms with Crippen LogP contribution in [0.2, 0.25) is 0 Å². The highest BCUT2D eigenvalue weighted by atomic mass is 16.5. The van der Waals surface area contributed by atoms with Crippen LogP contribution in [0.4, 0.5) is 0 Å². The molecule has 3 heterocycles. The van der Waals surface area contributed by atoms with Crippen molar-refractivity contribution in [3.63, 3.8) is 0 Å². The fraction of sp³-hybridized carbons (Fsp3) is 0.429. The van der Waals surface area contributed by atoms with Crippen molar-refractivity contribution in [2.75, 3.05) is 13.7 Å². The summed E-state index contributed by atoms with van der Waals surface area (Å²) in [7, 11) is 1.67. The Hall–Kier alpha value is -2.08. The van der Waals surface area contributed by atoms with Gasteiger partial charge in [-0.15, -0.1) is 0 Å². The highest BCUT2D eigenvalue weighted by Crippen LogP contribution is 2.26. The SMILES string of the molecule is COCc1cnc2n1CCN(C(=O)c1cc[nH]c1)C2C. The highest BCUT2D eigenvalue weighted by molar-refractivity contribution is 5.94. The molecule has 6 heteroatoms. The molecule has 0 saturated heterocycles. The fourth-order valence-corrected chi connectivity index (χ4v) is 2.72. The maximum Gasteiger partial charge on any atom is 0.256 e. The van der Waals surface area contributed by atoms with Crippen molar-refractivity contribution < 1.29 is 9.53 Å². The highest BCUT2D eigenvalue weighted by Gasteiger charge is 2.30. The minimum absolute atomic E-state index is 0.0308. The van der Waals surface area contributed by atoms with Crippen molar-refractivity contribution in [3.05, 3.63) is 41.7 Å². The van der Waals surface area contributed by atoms with E-state index in [1.54, 1.807) is 25.6 Å². The number of hydrogen-bond donors (Lipinski definition) is 1. The minimum atomic E-state index is -0.0308. The predicted molar refractivity (Wildman–Crippen MR) is 73.2 cm³/mol. The number of amides is 1. The minimum Gasteiger partial charge on any atom is -0.378 e. The summed E-state index contributed by atoms with van der Waals surface area (Å²) in [6, 6.07) is 1.77. The molecule has 2 aromatic heterocycles. The van der Waals surface area contributed by atoms with Crippen molar-refractivity contribution in [2.45, 2.75) is 26.1 Å². The van der Waals surface area contributed by atoms with Gasteiger partial charge in [0.25, 0.3) is 5.91 Å². The number of methoxy groups -OCH3 is 1. The molecular formula is C14H18N4O2. The van der Waals surface area contributed by atoms with E-state index in [2.05, 4.69) is 14.5 Å². The van der Waals surface area contributed by atoms with Gasteiger partial charge in [-0.25, -0.2) is 4.98 Å². The Bertz CT molecular complexity index is 603. The van der Waals surface area contributed by atoms with Gasteiger partial charge in [-0.1, -0.05) is 0 Å². The number of carbonyl (C=O) groups excluding carboxylic acids is 1. The first kappa shape index (κ1) is 12.9. The number of aromatic amines is 1. The molecule has 1 amide bonds. The molecule has 0 bridgehead atoms. The van der Waals surface area contributed by atoms with Gasteiger partial charge in [0.05, 0.1) is 30.1 Å². The van der Waals surface area contributed by atoms with Crippen LogP contribution in [0.5, 0.6) is 0 Å². The van der Waals surface area contributed by atoms with E-state index in [1.807, 2.05) is 18.0 Å². The largest absolute Gasteiger partial charge is 0.378 e. The molecule has 1 unspecified atom stereocenters. The number of fused-ring (bicyclic) bond motifs is 1. The van der Waals surface area contributed by atoms with Gasteiger partial charge in [0.2, 0.25) is 0 Å². The van der Waals surface area contributed by atoms with Crippen molar-refractivity contribution >= 4 is 5.91 Å². The first-order valence-corrected chi connectivity index (χ1v) is 6.69. The first-order valence-electron chi connectivity index (χ1n) is 6.69. The number of aromatic nitrogens is 3. The third kappa shape index (κ3) is 2.02. The molecule has 0 fully saturated rings. The molecule has 20 heavy (non-hydrogen) atoms. The van der Waals surface area contributed by atoms with Gasteiger partial charge in [-0.05, 0) is 13.0 Å². The lowest BCUT2D eigenvalue weighted by molar-refractivity contribution is 0.0633. The topological polar surface area (TPSA) is 63.1 Å². The van der Waals surface area contributed by atoms with Gasteiger partial charge in [0, 0.05) is 32.6 Å². The Balaban J connectivity index is 1.86. The molecule has 0 aliphatic carbocycles. The van der Waals surface area contributed by atoms with E-state index in [0.29, 0.717) is 18.7 Å². The standard InChI is InChI=1S/C14H18N4O2/c1-10-13-16-8-12(9-20-2)18(13)6-5-17(10)14(19)11-3-4-15-7-11/h3-4,7-8,10,15H,5-6,9H2,1-2H3. The smallest absolute Gasteiger partial charge is 0.256 e. The van der Waals surface area contributed by atoms with Crippen molar-refractivity contribution in [1.82, 2.24) is 19.4 Å². The number of nitrogens with zero attached hydrogens (tertiary/aromatic N) is 3. The van der Waals surface area contributed by atoms with Crippen molar-refractivity contribution in [3.8, 4) is 0 Å². The van der Waals surface area contributed by atoms with Crippen LogP contribution in [0.1, 0.15) is 34.8 Å². The lowest BCUT2D eigenvalue weighted by Gasteiger charge is -2.34. The average molecular weight is 274 g/mol. The summed E-state index contributed by atoms with van der Waals surface area (Å²) in [5, 5.41) is 0. The lowest BCUT2D eigenvalue weighted by Crippen LogP contribution is -2.41. The summed E-state index contributed by atoms with van der Waals surface area (Å²) in [6.07, 6.45) is 5.32. The zero-order valence-corrected chi connectivity index (χ0v) is 11.7. The number of carbonyl (C=O) groups is 1. The van der Waals surface area contributed by atoms with Gasteiger partial charge < -0.3 is 19.2 Å². The Morgan fingerprint density at radius 2 is 2.40 bits per heavy atom. The van der Waals surface area contributed by atoms with Crippen LogP contribution in [0.25, 0.3) is 0 Å². The number of ether oxygens (including phenoxy) is 1. The Morgan fingerprint density at radius 1 is 1.55 bits per heavy atom. The maximum atomic E-state index is 12.5. The van der Waals surface area contributed by atoms with Gasteiger partial charge in [-0.2, -0.15) is 0 Å².